The number of ketones is 1. The smallest absolute Gasteiger partial charge is 0.339 e. The average Bonchev–Trinajstić information content (AvgIpc) is 3.70. The van der Waals surface area contributed by atoms with Crippen LogP contribution in [-0.2, 0) is 14.3 Å². The number of Topliss-reactive ketones (excluding diaryl/α,β-unsaturated/α-hetero) is 1. The molecule has 2 saturated carbocycles. The van der Waals surface area contributed by atoms with Gasteiger partial charge in [-0.1, -0.05) is 53.0 Å². The molecule has 0 radical (unpaired) electrons. The van der Waals surface area contributed by atoms with Gasteiger partial charge in [-0.2, -0.15) is 0 Å². The zero-order chi connectivity index (χ0) is 30.9. The molecule has 3 aromatic carbocycles. The van der Waals surface area contributed by atoms with Crippen LogP contribution in [0.1, 0.15) is 45.5 Å². The number of hydrogen-bond donors (Lipinski definition) is 0. The first-order valence-electron chi connectivity index (χ1n) is 14.4. The number of pyridine rings is 1. The van der Waals surface area contributed by atoms with Gasteiger partial charge in [0.05, 0.1) is 39.3 Å². The summed E-state index contributed by atoms with van der Waals surface area (Å²) in [5.74, 6) is -1.19. The van der Waals surface area contributed by atoms with Crippen LogP contribution in [0.3, 0.4) is 0 Å². The number of ether oxygens (including phenoxy) is 1. The number of nitrogens with zero attached hydrogens (tertiary/aromatic N) is 2. The number of halogens is 3. The molecule has 10 heteroatoms. The number of benzene rings is 3. The Bertz CT molecular complexity index is 1880. The quantitative estimate of drug-likeness (QED) is 0.121. The van der Waals surface area contributed by atoms with Gasteiger partial charge in [0.25, 0.3) is 0 Å². The summed E-state index contributed by atoms with van der Waals surface area (Å²) in [6.07, 6.45) is 3.01. The number of amides is 2. The highest BCUT2D eigenvalue weighted by atomic mass is 35.5. The van der Waals surface area contributed by atoms with Gasteiger partial charge in [-0.05, 0) is 86.1 Å². The molecular formula is C34H25Cl3N2O5. The van der Waals surface area contributed by atoms with Gasteiger partial charge in [0, 0.05) is 26.6 Å². The first kappa shape index (κ1) is 29.0. The lowest BCUT2D eigenvalue weighted by Crippen LogP contribution is -2.32. The number of imide groups is 1. The minimum Gasteiger partial charge on any atom is -0.454 e. The lowest BCUT2D eigenvalue weighted by Gasteiger charge is -2.19. The topological polar surface area (TPSA) is 93.6 Å². The van der Waals surface area contributed by atoms with Gasteiger partial charge in [-0.3, -0.25) is 19.3 Å². The normalized spacial score (nSPS) is 22.1. The second kappa shape index (κ2) is 11.0. The predicted octanol–water partition coefficient (Wildman–Crippen LogP) is 7.75. The Morgan fingerprint density at radius 3 is 2.20 bits per heavy atom. The van der Waals surface area contributed by atoms with Crippen LogP contribution >= 0.6 is 34.8 Å². The van der Waals surface area contributed by atoms with Gasteiger partial charge in [0.2, 0.25) is 17.6 Å². The summed E-state index contributed by atoms with van der Waals surface area (Å²) in [6.45, 7) is 1.28. The Morgan fingerprint density at radius 1 is 0.864 bits per heavy atom. The molecule has 3 fully saturated rings. The molecule has 1 aliphatic heterocycles. The molecule has 2 heterocycles. The number of fused-ring (bicyclic) bond motifs is 6. The second-order valence-corrected chi connectivity index (χ2v) is 12.9. The molecular weight excluding hydrogens is 623 g/mol. The van der Waals surface area contributed by atoms with E-state index in [1.807, 2.05) is 0 Å². The molecule has 222 valence electrons. The molecule has 2 bridgehead atoms. The molecule has 3 aliphatic rings. The van der Waals surface area contributed by atoms with Crippen LogP contribution in [-0.4, -0.2) is 35.2 Å². The zero-order valence-electron chi connectivity index (χ0n) is 23.5. The summed E-state index contributed by atoms with van der Waals surface area (Å²) < 4.78 is 5.44. The van der Waals surface area contributed by atoms with Crippen LogP contribution in [0.4, 0.5) is 5.69 Å². The summed E-state index contributed by atoms with van der Waals surface area (Å²) in [7, 11) is 0. The van der Waals surface area contributed by atoms with Crippen molar-refractivity contribution in [1.29, 1.82) is 0 Å². The highest BCUT2D eigenvalue weighted by molar-refractivity contribution is 6.37. The number of aryl methyl sites for hydroxylation is 1. The maximum atomic E-state index is 13.4. The largest absolute Gasteiger partial charge is 0.454 e. The van der Waals surface area contributed by atoms with Crippen molar-refractivity contribution in [2.75, 3.05) is 11.5 Å². The minimum atomic E-state index is -0.718. The fourth-order valence-electron chi connectivity index (χ4n) is 7.17. The number of esters is 1. The van der Waals surface area contributed by atoms with Gasteiger partial charge in [0.1, 0.15) is 0 Å². The van der Waals surface area contributed by atoms with Crippen LogP contribution in [0.5, 0.6) is 0 Å². The number of rotatable bonds is 6. The minimum absolute atomic E-state index is 0.103. The summed E-state index contributed by atoms with van der Waals surface area (Å²) in [4.78, 5) is 58.9. The van der Waals surface area contributed by atoms with Crippen LogP contribution in [0.25, 0.3) is 22.2 Å². The number of anilines is 1. The lowest BCUT2D eigenvalue weighted by molar-refractivity contribution is -0.123. The molecule has 4 atom stereocenters. The van der Waals surface area contributed by atoms with E-state index in [-0.39, 0.29) is 39.8 Å². The van der Waals surface area contributed by atoms with Crippen molar-refractivity contribution in [1.82, 2.24) is 4.98 Å². The SMILES string of the molecule is Cc1c(Cl)ccc2c(C(=O)OCC(=O)c3ccc(Cl)cc3Cl)cc(-c3ccc(N4C(=O)C5C6CCC(C6)C5C4=O)cc3)nc12. The zero-order valence-corrected chi connectivity index (χ0v) is 25.7. The van der Waals surface area contributed by atoms with Crippen molar-refractivity contribution in [3.8, 4) is 11.3 Å². The van der Waals surface area contributed by atoms with E-state index in [4.69, 9.17) is 44.5 Å². The predicted molar refractivity (Wildman–Crippen MR) is 168 cm³/mol. The molecule has 2 amide bonds. The molecule has 0 spiro atoms. The maximum Gasteiger partial charge on any atom is 0.339 e. The first-order chi connectivity index (χ1) is 21.1. The van der Waals surface area contributed by atoms with E-state index >= 15 is 0 Å². The van der Waals surface area contributed by atoms with Crippen LogP contribution < -0.4 is 4.90 Å². The van der Waals surface area contributed by atoms with Crippen molar-refractivity contribution >= 4 is 75.0 Å². The summed E-state index contributed by atoms with van der Waals surface area (Å²) in [6, 6.07) is 16.4. The van der Waals surface area contributed by atoms with E-state index < -0.39 is 18.4 Å². The summed E-state index contributed by atoms with van der Waals surface area (Å²) in [5, 5.41) is 1.55. The lowest BCUT2D eigenvalue weighted by atomic mass is 9.81. The average molecular weight is 648 g/mol. The second-order valence-electron chi connectivity index (χ2n) is 11.7. The molecule has 7 nitrogen and oxygen atoms in total. The Balaban J connectivity index is 1.19. The van der Waals surface area contributed by atoms with E-state index in [0.717, 1.165) is 19.3 Å². The van der Waals surface area contributed by atoms with E-state index in [1.165, 1.54) is 23.1 Å². The Labute approximate surface area is 268 Å². The van der Waals surface area contributed by atoms with Crippen molar-refractivity contribution < 1.29 is 23.9 Å². The van der Waals surface area contributed by atoms with Crippen molar-refractivity contribution in [3.05, 3.63) is 92.4 Å². The highest BCUT2D eigenvalue weighted by Gasteiger charge is 2.61. The summed E-state index contributed by atoms with van der Waals surface area (Å²) in [5.41, 5.74) is 3.23. The van der Waals surface area contributed by atoms with E-state index in [9.17, 15) is 19.2 Å². The molecule has 1 saturated heterocycles. The van der Waals surface area contributed by atoms with Crippen molar-refractivity contribution in [3.63, 3.8) is 0 Å². The molecule has 44 heavy (non-hydrogen) atoms. The van der Waals surface area contributed by atoms with Crippen molar-refractivity contribution in [2.24, 2.45) is 23.7 Å². The molecule has 7 rings (SSSR count). The Hall–Kier alpha value is -3.78. The third-order valence-electron chi connectivity index (χ3n) is 9.30. The fourth-order valence-corrected chi connectivity index (χ4v) is 7.83. The molecule has 0 N–H and O–H groups in total. The molecule has 4 aromatic rings. The summed E-state index contributed by atoms with van der Waals surface area (Å²) >= 11 is 18.5. The monoisotopic (exact) mass is 646 g/mol. The van der Waals surface area contributed by atoms with Gasteiger partial charge in [0.15, 0.2) is 6.61 Å². The van der Waals surface area contributed by atoms with Crippen LogP contribution in [0.2, 0.25) is 15.1 Å². The number of carbonyl (C=O) groups is 4. The molecule has 4 unspecified atom stereocenters. The van der Waals surface area contributed by atoms with Crippen molar-refractivity contribution in [2.45, 2.75) is 26.2 Å². The van der Waals surface area contributed by atoms with E-state index in [2.05, 4.69) is 0 Å². The number of aromatic nitrogens is 1. The fraction of sp³-hybridized carbons (Fsp3) is 0.265. The van der Waals surface area contributed by atoms with E-state index in [1.54, 1.807) is 49.4 Å². The third kappa shape index (κ3) is 4.69. The standard InChI is InChI=1S/C34H25Cl3N2O5/c1-16-25(36)11-10-22-24(34(43)44-15-28(40)23-9-6-20(35)13-26(23)37)14-27(38-31(16)22)17-4-7-21(8-5-17)39-32(41)29-18-2-3-19(12-18)30(29)33(39)42/h4-11,13-14,18-19,29-30H,2-3,12,15H2,1H3. The molecule has 1 aromatic heterocycles. The van der Waals surface area contributed by atoms with Crippen LogP contribution in [0, 0.1) is 30.6 Å². The van der Waals surface area contributed by atoms with Gasteiger partial charge < -0.3 is 4.74 Å². The molecule has 2 aliphatic carbocycles. The first-order valence-corrected chi connectivity index (χ1v) is 15.5. The number of hydrogen-bond acceptors (Lipinski definition) is 6. The van der Waals surface area contributed by atoms with Gasteiger partial charge in [-0.25, -0.2) is 9.78 Å². The Morgan fingerprint density at radius 2 is 1.55 bits per heavy atom. The van der Waals surface area contributed by atoms with Gasteiger partial charge >= 0.3 is 5.97 Å². The van der Waals surface area contributed by atoms with E-state index in [0.29, 0.717) is 55.3 Å². The maximum absolute atomic E-state index is 13.4. The Kier molecular flexibility index (Phi) is 7.23. The van der Waals surface area contributed by atoms with Gasteiger partial charge in [-0.15, -0.1) is 0 Å². The highest BCUT2D eigenvalue weighted by Crippen LogP contribution is 2.56. The number of carbonyl (C=O) groups excluding carboxylic acids is 4. The third-order valence-corrected chi connectivity index (χ3v) is 10.3. The van der Waals surface area contributed by atoms with Crippen LogP contribution in [0.15, 0.2) is 60.7 Å².